The van der Waals surface area contributed by atoms with Crippen molar-refractivity contribution >= 4 is 12.0 Å². The molecular formula is C22H37NO5. The monoisotopic (exact) mass is 395 g/mol. The first kappa shape index (κ1) is 21.7. The Morgan fingerprint density at radius 1 is 1.25 bits per heavy atom. The van der Waals surface area contributed by atoms with Crippen LogP contribution in [0.3, 0.4) is 0 Å². The molecule has 0 aliphatic heterocycles. The van der Waals surface area contributed by atoms with Gasteiger partial charge in [-0.2, -0.15) is 0 Å². The molecular weight excluding hydrogens is 358 g/mol. The van der Waals surface area contributed by atoms with Crippen LogP contribution in [-0.4, -0.2) is 50.3 Å². The van der Waals surface area contributed by atoms with Gasteiger partial charge in [-0.25, -0.2) is 0 Å². The number of rotatable bonds is 5. The molecule has 3 rings (SSSR count). The van der Waals surface area contributed by atoms with Crippen molar-refractivity contribution in [2.45, 2.75) is 72.0 Å². The van der Waals surface area contributed by atoms with Gasteiger partial charge in [0.1, 0.15) is 19.7 Å². The standard InChI is InChI=1S/C22H37NO5/c1-14-7-9-22-10-8-16(24)18(22)21(14,4)17(25)11-20(3,12-23-27-6)19(15(22)2)28-13-26-5/h12,14-15,17-19,25H,7-11,13H2,1-6H3/t14-,15+,17-,18?,19+,20+,21+,22?/m1/s1. The zero-order valence-electron chi connectivity index (χ0n) is 18.2. The molecule has 3 aliphatic carbocycles. The Morgan fingerprint density at radius 3 is 2.61 bits per heavy atom. The number of carbonyl (C=O) groups excluding carboxylic acids is 1. The van der Waals surface area contributed by atoms with Gasteiger partial charge in [0.15, 0.2) is 0 Å². The predicted molar refractivity (Wildman–Crippen MR) is 107 cm³/mol. The van der Waals surface area contributed by atoms with Gasteiger partial charge < -0.3 is 19.4 Å². The molecule has 8 atom stereocenters. The van der Waals surface area contributed by atoms with E-state index in [1.807, 2.05) is 0 Å². The van der Waals surface area contributed by atoms with Gasteiger partial charge in [0.2, 0.25) is 0 Å². The van der Waals surface area contributed by atoms with Crippen LogP contribution < -0.4 is 0 Å². The Morgan fingerprint density at radius 2 is 1.96 bits per heavy atom. The predicted octanol–water partition coefficient (Wildman–Crippen LogP) is 3.42. The van der Waals surface area contributed by atoms with E-state index in [9.17, 15) is 9.90 Å². The molecule has 0 heterocycles. The summed E-state index contributed by atoms with van der Waals surface area (Å²) in [4.78, 5) is 18.1. The summed E-state index contributed by atoms with van der Waals surface area (Å²) in [5.74, 6) is 0.618. The first-order chi connectivity index (χ1) is 13.2. The summed E-state index contributed by atoms with van der Waals surface area (Å²) in [6, 6.07) is 0. The average Bonchev–Trinajstić information content (AvgIpc) is 3.01. The molecule has 2 unspecified atom stereocenters. The minimum atomic E-state index is -0.622. The van der Waals surface area contributed by atoms with Crippen LogP contribution in [0.15, 0.2) is 5.16 Å². The van der Waals surface area contributed by atoms with Gasteiger partial charge in [0.05, 0.1) is 18.4 Å². The van der Waals surface area contributed by atoms with E-state index < -0.39 is 16.9 Å². The third-order valence-electron chi connectivity index (χ3n) is 8.64. The van der Waals surface area contributed by atoms with E-state index >= 15 is 0 Å². The molecule has 0 amide bonds. The molecule has 28 heavy (non-hydrogen) atoms. The van der Waals surface area contributed by atoms with Gasteiger partial charge in [-0.1, -0.05) is 32.9 Å². The van der Waals surface area contributed by atoms with Crippen LogP contribution in [0.5, 0.6) is 0 Å². The summed E-state index contributed by atoms with van der Waals surface area (Å²) in [6.07, 6.45) is 4.90. The highest BCUT2D eigenvalue weighted by Crippen LogP contribution is 2.67. The fourth-order valence-electron chi connectivity index (χ4n) is 6.92. The summed E-state index contributed by atoms with van der Waals surface area (Å²) < 4.78 is 11.5. The molecule has 6 nitrogen and oxygen atoms in total. The van der Waals surface area contributed by atoms with Crippen LogP contribution in [0.1, 0.15) is 59.8 Å². The normalized spacial score (nSPS) is 49.0. The number of hydrogen-bond acceptors (Lipinski definition) is 6. The zero-order valence-corrected chi connectivity index (χ0v) is 18.2. The Kier molecular flexibility index (Phi) is 5.97. The fraction of sp³-hybridized carbons (Fsp3) is 0.909. The fourth-order valence-corrected chi connectivity index (χ4v) is 6.92. The average molecular weight is 396 g/mol. The molecule has 0 aromatic heterocycles. The number of oxime groups is 1. The van der Waals surface area contributed by atoms with Crippen molar-refractivity contribution in [3.05, 3.63) is 0 Å². The van der Waals surface area contributed by atoms with Gasteiger partial charge in [0, 0.05) is 30.3 Å². The molecule has 0 aromatic carbocycles. The Bertz CT molecular complexity index is 624. The second kappa shape index (κ2) is 7.69. The molecule has 0 aromatic rings. The topological polar surface area (TPSA) is 77.4 Å². The molecule has 1 N–H and O–H groups in total. The lowest BCUT2D eigenvalue weighted by Gasteiger charge is -2.61. The summed E-state index contributed by atoms with van der Waals surface area (Å²) in [5, 5.41) is 15.6. The van der Waals surface area contributed by atoms with Crippen molar-refractivity contribution in [2.75, 3.05) is 21.0 Å². The van der Waals surface area contributed by atoms with Gasteiger partial charge in [-0.05, 0) is 42.9 Å². The number of aliphatic hydroxyl groups excluding tert-OH is 1. The van der Waals surface area contributed by atoms with Crippen molar-refractivity contribution in [2.24, 2.45) is 39.2 Å². The van der Waals surface area contributed by atoms with Gasteiger partial charge >= 0.3 is 0 Å². The van der Waals surface area contributed by atoms with Crippen molar-refractivity contribution in [3.63, 3.8) is 0 Å². The highest BCUT2D eigenvalue weighted by molar-refractivity contribution is 5.85. The van der Waals surface area contributed by atoms with E-state index in [0.29, 0.717) is 18.6 Å². The van der Waals surface area contributed by atoms with Crippen molar-refractivity contribution in [3.8, 4) is 0 Å². The van der Waals surface area contributed by atoms with E-state index in [4.69, 9.17) is 14.3 Å². The van der Waals surface area contributed by atoms with Crippen molar-refractivity contribution in [1.29, 1.82) is 0 Å². The molecule has 0 spiro atoms. The summed E-state index contributed by atoms with van der Waals surface area (Å²) in [6.45, 7) is 8.81. The third-order valence-corrected chi connectivity index (χ3v) is 8.64. The highest BCUT2D eigenvalue weighted by atomic mass is 16.7. The van der Waals surface area contributed by atoms with E-state index in [0.717, 1.165) is 19.3 Å². The van der Waals surface area contributed by atoms with Crippen LogP contribution >= 0.6 is 0 Å². The number of methoxy groups -OCH3 is 1. The number of aliphatic hydroxyl groups is 1. The quantitative estimate of drug-likeness (QED) is 0.438. The van der Waals surface area contributed by atoms with Crippen LogP contribution in [0, 0.1) is 34.0 Å². The largest absolute Gasteiger partial charge is 0.399 e. The number of Topliss-reactive ketones (excluding diaryl/α,β-unsaturated/α-hetero) is 1. The molecule has 6 heteroatoms. The smallest absolute Gasteiger partial charge is 0.146 e. The molecule has 3 saturated carbocycles. The lowest BCUT2D eigenvalue weighted by molar-refractivity contribution is -0.210. The number of carbonyl (C=O) groups is 1. The first-order valence-corrected chi connectivity index (χ1v) is 10.6. The molecule has 2 bridgehead atoms. The minimum absolute atomic E-state index is 0.119. The van der Waals surface area contributed by atoms with Gasteiger partial charge in [-0.3, -0.25) is 4.79 Å². The Hall–Kier alpha value is -0.980. The molecule has 0 saturated heterocycles. The van der Waals surface area contributed by atoms with Crippen LogP contribution in [-0.2, 0) is 19.1 Å². The van der Waals surface area contributed by atoms with Crippen LogP contribution in [0.2, 0.25) is 0 Å². The van der Waals surface area contributed by atoms with Gasteiger partial charge in [-0.15, -0.1) is 0 Å². The number of hydrogen-bond donors (Lipinski definition) is 1. The number of ether oxygens (including phenoxy) is 2. The van der Waals surface area contributed by atoms with Crippen molar-refractivity contribution in [1.82, 2.24) is 0 Å². The van der Waals surface area contributed by atoms with Crippen molar-refractivity contribution < 1.29 is 24.2 Å². The summed E-state index contributed by atoms with van der Waals surface area (Å²) in [7, 11) is 3.14. The molecule has 3 aliphatic rings. The SMILES string of the molecule is COCO[C@H]1[C@H](C)C23CCC(=O)C2[C@@](C)([C@H](C)CC3)[C@H](O)C[C@@]1(C)C=NOC. The van der Waals surface area contributed by atoms with Crippen LogP contribution in [0.25, 0.3) is 0 Å². The van der Waals surface area contributed by atoms with Gasteiger partial charge in [0.25, 0.3) is 0 Å². The Balaban J connectivity index is 2.16. The van der Waals surface area contributed by atoms with E-state index in [1.165, 1.54) is 7.11 Å². The second-order valence-electron chi connectivity index (χ2n) is 9.86. The Labute approximate surface area is 169 Å². The lowest BCUT2D eigenvalue weighted by Crippen LogP contribution is -2.63. The second-order valence-corrected chi connectivity index (χ2v) is 9.86. The summed E-state index contributed by atoms with van der Waals surface area (Å²) >= 11 is 0. The van der Waals surface area contributed by atoms with E-state index in [1.54, 1.807) is 13.3 Å². The maximum absolute atomic E-state index is 13.2. The molecule has 3 fully saturated rings. The number of ketones is 1. The lowest BCUT2D eigenvalue weighted by atomic mass is 9.44. The first-order valence-electron chi connectivity index (χ1n) is 10.6. The molecule has 0 radical (unpaired) electrons. The summed E-state index contributed by atoms with van der Waals surface area (Å²) in [5.41, 5.74) is -1.12. The highest BCUT2D eigenvalue weighted by Gasteiger charge is 2.67. The van der Waals surface area contributed by atoms with E-state index in [-0.39, 0.29) is 36.1 Å². The third kappa shape index (κ3) is 3.03. The molecule has 160 valence electrons. The zero-order chi connectivity index (χ0) is 20.7. The maximum atomic E-state index is 13.2. The van der Waals surface area contributed by atoms with E-state index in [2.05, 4.69) is 32.9 Å². The van der Waals surface area contributed by atoms with Crippen LogP contribution in [0.4, 0.5) is 0 Å². The maximum Gasteiger partial charge on any atom is 0.146 e. The number of nitrogens with zero attached hydrogens (tertiary/aromatic N) is 1. The minimum Gasteiger partial charge on any atom is -0.399 e.